The standard InChI is InChI=1S/C24H30N4O6S/c1-32-20-6-4-18(22(16-20)34-3)9-15-35(30,31)17-19-5-7-21(33-2)24(27-19)26-10-8-23(29)28-13-11-25-12-14-28/h4-10,15-16,25H,11-14,17H2,1-3H3,(H,26,27)/b10-8-,15-9+. The van der Waals surface area contributed by atoms with Crippen LogP contribution in [-0.2, 0) is 20.4 Å². The fourth-order valence-electron chi connectivity index (χ4n) is 3.41. The first-order chi connectivity index (χ1) is 16.8. The van der Waals surface area contributed by atoms with Crippen molar-refractivity contribution in [1.82, 2.24) is 15.2 Å². The number of nitrogens with zero attached hydrogens (tertiary/aromatic N) is 2. The third-order valence-corrected chi connectivity index (χ3v) is 6.50. The first-order valence-corrected chi connectivity index (χ1v) is 12.7. The fourth-order valence-corrected chi connectivity index (χ4v) is 4.43. The molecule has 0 atom stereocenters. The molecule has 1 aromatic carbocycles. The molecule has 1 aliphatic heterocycles. The Kier molecular flexibility index (Phi) is 9.10. The number of anilines is 1. The number of amides is 1. The van der Waals surface area contributed by atoms with Gasteiger partial charge in [-0.05, 0) is 30.3 Å². The SMILES string of the molecule is COc1ccc(/C=C/S(=O)(=O)Cc2ccc(OC)c(N/C=C\C(=O)N3CCNCC3)n2)c(OC)c1. The van der Waals surface area contributed by atoms with Gasteiger partial charge in [0.1, 0.15) is 11.5 Å². The molecule has 35 heavy (non-hydrogen) atoms. The van der Waals surface area contributed by atoms with Crippen molar-refractivity contribution in [2.24, 2.45) is 0 Å². The van der Waals surface area contributed by atoms with E-state index in [1.54, 1.807) is 42.3 Å². The molecule has 0 spiro atoms. The average molecular weight is 503 g/mol. The summed E-state index contributed by atoms with van der Waals surface area (Å²) in [4.78, 5) is 18.4. The number of ether oxygens (including phenoxy) is 3. The number of benzene rings is 1. The van der Waals surface area contributed by atoms with Gasteiger partial charge in [0.15, 0.2) is 21.4 Å². The number of piperazine rings is 1. The van der Waals surface area contributed by atoms with Crippen LogP contribution in [0.4, 0.5) is 5.82 Å². The van der Waals surface area contributed by atoms with Gasteiger partial charge in [0.05, 0.1) is 32.8 Å². The summed E-state index contributed by atoms with van der Waals surface area (Å²) in [6, 6.07) is 8.32. The molecule has 1 aliphatic rings. The van der Waals surface area contributed by atoms with Crippen molar-refractivity contribution in [2.45, 2.75) is 5.75 Å². The van der Waals surface area contributed by atoms with Gasteiger partial charge in [-0.2, -0.15) is 0 Å². The molecule has 0 radical (unpaired) electrons. The number of carbonyl (C=O) groups is 1. The van der Waals surface area contributed by atoms with E-state index in [2.05, 4.69) is 15.6 Å². The van der Waals surface area contributed by atoms with Crippen molar-refractivity contribution in [3.63, 3.8) is 0 Å². The van der Waals surface area contributed by atoms with E-state index in [0.29, 0.717) is 47.4 Å². The van der Waals surface area contributed by atoms with Gasteiger partial charge in [0.25, 0.3) is 0 Å². The summed E-state index contributed by atoms with van der Waals surface area (Å²) in [5, 5.41) is 7.25. The maximum Gasteiger partial charge on any atom is 0.248 e. The molecule has 0 aliphatic carbocycles. The van der Waals surface area contributed by atoms with Crippen molar-refractivity contribution in [3.05, 3.63) is 59.3 Å². The van der Waals surface area contributed by atoms with Crippen LogP contribution in [0.5, 0.6) is 17.2 Å². The highest BCUT2D eigenvalue weighted by Gasteiger charge is 2.15. The minimum atomic E-state index is -3.64. The van der Waals surface area contributed by atoms with Crippen molar-refractivity contribution >= 4 is 27.6 Å². The summed E-state index contributed by atoms with van der Waals surface area (Å²) < 4.78 is 41.2. The van der Waals surface area contributed by atoms with Crippen LogP contribution in [0.1, 0.15) is 11.3 Å². The zero-order chi connectivity index (χ0) is 25.3. The molecule has 1 aromatic heterocycles. The zero-order valence-electron chi connectivity index (χ0n) is 20.0. The molecule has 1 saturated heterocycles. The van der Waals surface area contributed by atoms with Gasteiger partial charge >= 0.3 is 0 Å². The number of sulfone groups is 1. The number of aromatic nitrogens is 1. The molecule has 2 aromatic rings. The Hall–Kier alpha value is -3.57. The molecule has 0 unspecified atom stereocenters. The van der Waals surface area contributed by atoms with Crippen molar-refractivity contribution in [1.29, 1.82) is 0 Å². The third kappa shape index (κ3) is 7.46. The van der Waals surface area contributed by atoms with Crippen LogP contribution in [0.3, 0.4) is 0 Å². The van der Waals surface area contributed by atoms with E-state index in [1.807, 2.05) is 0 Å². The first kappa shape index (κ1) is 26.0. The van der Waals surface area contributed by atoms with E-state index in [4.69, 9.17) is 14.2 Å². The quantitative estimate of drug-likeness (QED) is 0.471. The molecule has 0 bridgehead atoms. The van der Waals surface area contributed by atoms with E-state index < -0.39 is 9.84 Å². The average Bonchev–Trinajstić information content (AvgIpc) is 2.87. The molecule has 11 heteroatoms. The summed E-state index contributed by atoms with van der Waals surface area (Å²) in [6.07, 6.45) is 4.37. The number of pyridine rings is 1. The summed E-state index contributed by atoms with van der Waals surface area (Å²) in [5.74, 6) is 1.40. The molecular formula is C24H30N4O6S. The van der Waals surface area contributed by atoms with Gasteiger partial charge in [-0.1, -0.05) is 0 Å². The second kappa shape index (κ2) is 12.2. The molecular weight excluding hydrogens is 472 g/mol. The Balaban J connectivity index is 1.70. The number of carbonyl (C=O) groups excluding carboxylic acids is 1. The molecule has 2 heterocycles. The Labute approximate surface area is 205 Å². The van der Waals surface area contributed by atoms with Gasteiger partial charge in [-0.3, -0.25) is 4.79 Å². The summed E-state index contributed by atoms with van der Waals surface area (Å²) in [5.41, 5.74) is 0.919. The lowest BCUT2D eigenvalue weighted by molar-refractivity contribution is -0.126. The first-order valence-electron chi connectivity index (χ1n) is 10.9. The topological polar surface area (TPSA) is 119 Å². The summed E-state index contributed by atoms with van der Waals surface area (Å²) >= 11 is 0. The lowest BCUT2D eigenvalue weighted by atomic mass is 10.2. The van der Waals surface area contributed by atoms with E-state index >= 15 is 0 Å². The largest absolute Gasteiger partial charge is 0.497 e. The van der Waals surface area contributed by atoms with E-state index in [0.717, 1.165) is 18.5 Å². The van der Waals surface area contributed by atoms with Gasteiger partial charge in [0.2, 0.25) is 5.91 Å². The zero-order valence-corrected chi connectivity index (χ0v) is 20.8. The smallest absolute Gasteiger partial charge is 0.248 e. The predicted octanol–water partition coefficient (Wildman–Crippen LogP) is 2.05. The lowest BCUT2D eigenvalue weighted by Gasteiger charge is -2.26. The molecule has 1 fully saturated rings. The van der Waals surface area contributed by atoms with E-state index in [-0.39, 0.29) is 11.7 Å². The van der Waals surface area contributed by atoms with E-state index in [1.165, 1.54) is 32.6 Å². The Morgan fingerprint density at radius 3 is 2.51 bits per heavy atom. The maximum atomic E-state index is 12.7. The number of hydrogen-bond acceptors (Lipinski definition) is 9. The maximum absolute atomic E-state index is 12.7. The summed E-state index contributed by atoms with van der Waals surface area (Å²) in [7, 11) is 0.887. The Morgan fingerprint density at radius 2 is 1.83 bits per heavy atom. The Morgan fingerprint density at radius 1 is 1.09 bits per heavy atom. The summed E-state index contributed by atoms with van der Waals surface area (Å²) in [6.45, 7) is 2.82. The van der Waals surface area contributed by atoms with Crippen LogP contribution < -0.4 is 24.8 Å². The number of methoxy groups -OCH3 is 3. The van der Waals surface area contributed by atoms with Crippen LogP contribution in [0.15, 0.2) is 48.0 Å². The number of nitrogens with one attached hydrogen (secondary N) is 2. The van der Waals surface area contributed by atoms with Crippen LogP contribution >= 0.6 is 0 Å². The molecule has 0 saturated carbocycles. The number of rotatable bonds is 10. The highest BCUT2D eigenvalue weighted by atomic mass is 32.2. The van der Waals surface area contributed by atoms with Crippen LogP contribution in [0, 0.1) is 0 Å². The molecule has 188 valence electrons. The lowest BCUT2D eigenvalue weighted by Crippen LogP contribution is -2.45. The monoisotopic (exact) mass is 502 g/mol. The minimum Gasteiger partial charge on any atom is -0.497 e. The molecule has 10 nitrogen and oxygen atoms in total. The van der Waals surface area contributed by atoms with Crippen molar-refractivity contribution in [2.75, 3.05) is 52.8 Å². The third-order valence-electron chi connectivity index (χ3n) is 5.26. The van der Waals surface area contributed by atoms with Crippen LogP contribution in [-0.4, -0.2) is 71.7 Å². The highest BCUT2D eigenvalue weighted by molar-refractivity contribution is 7.93. The minimum absolute atomic E-state index is 0.115. The van der Waals surface area contributed by atoms with Crippen LogP contribution in [0.25, 0.3) is 6.08 Å². The van der Waals surface area contributed by atoms with Crippen LogP contribution in [0.2, 0.25) is 0 Å². The highest BCUT2D eigenvalue weighted by Crippen LogP contribution is 2.27. The van der Waals surface area contributed by atoms with Crippen molar-refractivity contribution in [3.8, 4) is 17.2 Å². The molecule has 1 amide bonds. The molecule has 2 N–H and O–H groups in total. The van der Waals surface area contributed by atoms with Gasteiger partial charge in [-0.15, -0.1) is 0 Å². The van der Waals surface area contributed by atoms with Gasteiger partial charge in [0, 0.05) is 55.5 Å². The van der Waals surface area contributed by atoms with Gasteiger partial charge in [-0.25, -0.2) is 13.4 Å². The van der Waals surface area contributed by atoms with Gasteiger partial charge < -0.3 is 29.7 Å². The Bertz CT molecular complexity index is 1190. The fraction of sp³-hybridized carbons (Fsp3) is 0.333. The van der Waals surface area contributed by atoms with Crippen molar-refractivity contribution < 1.29 is 27.4 Å². The number of hydrogen-bond donors (Lipinski definition) is 2. The normalized spacial score (nSPS) is 14.3. The second-order valence-corrected chi connectivity index (χ2v) is 9.51. The second-order valence-electron chi connectivity index (χ2n) is 7.62. The predicted molar refractivity (Wildman–Crippen MR) is 134 cm³/mol. The molecule has 3 rings (SSSR count). The van der Waals surface area contributed by atoms with E-state index in [9.17, 15) is 13.2 Å².